The summed E-state index contributed by atoms with van der Waals surface area (Å²) >= 11 is 0. The molecule has 1 fully saturated rings. The van der Waals surface area contributed by atoms with Crippen LogP contribution in [-0.2, 0) is 0 Å². The molecule has 2 unspecified atom stereocenters. The van der Waals surface area contributed by atoms with Crippen molar-refractivity contribution in [2.24, 2.45) is 5.41 Å². The largest absolute Gasteiger partial charge is 0.490 e. The Hall–Kier alpha value is -2.89. The summed E-state index contributed by atoms with van der Waals surface area (Å²) in [5, 5.41) is 4.34. The monoisotopic (exact) mass is 350 g/mol. The molecule has 1 saturated carbocycles. The van der Waals surface area contributed by atoms with Crippen LogP contribution in [-0.4, -0.2) is 44.6 Å². The smallest absolute Gasteiger partial charge is 0.274 e. The van der Waals surface area contributed by atoms with Crippen molar-refractivity contribution in [2.45, 2.75) is 32.4 Å². The van der Waals surface area contributed by atoms with Gasteiger partial charge in [-0.15, -0.1) is 0 Å². The van der Waals surface area contributed by atoms with Crippen LogP contribution in [0, 0.1) is 5.41 Å². The van der Waals surface area contributed by atoms with Crippen LogP contribution in [0.2, 0.25) is 0 Å². The molecule has 1 aliphatic carbocycles. The first-order valence-electron chi connectivity index (χ1n) is 8.76. The molecule has 3 aromatic rings. The molecule has 1 aliphatic rings. The van der Waals surface area contributed by atoms with Gasteiger partial charge in [0, 0.05) is 43.4 Å². The lowest BCUT2D eigenvalue weighted by atomic mass is 9.63. The molecule has 4 rings (SSSR count). The fourth-order valence-corrected chi connectivity index (χ4v) is 3.64. The standard InChI is InChI=1S/C20H22N4O2/c1-20(2)16(13-17(20)26-14-8-5-4-6-9-14)23(3)19(25)15-12-18-21-10-7-11-24(18)22-15/h4-12,16-17H,13H2,1-3H3. The molecule has 0 aliphatic heterocycles. The molecule has 1 aromatic carbocycles. The maximum absolute atomic E-state index is 12.9. The lowest BCUT2D eigenvalue weighted by Crippen LogP contribution is -2.63. The maximum atomic E-state index is 12.9. The Morgan fingerprint density at radius 1 is 1.27 bits per heavy atom. The van der Waals surface area contributed by atoms with Crippen molar-refractivity contribution in [3.8, 4) is 5.75 Å². The minimum atomic E-state index is -0.141. The molecule has 2 heterocycles. The van der Waals surface area contributed by atoms with E-state index in [0.29, 0.717) is 11.3 Å². The molecule has 2 atom stereocenters. The van der Waals surface area contributed by atoms with E-state index in [2.05, 4.69) is 23.9 Å². The van der Waals surface area contributed by atoms with E-state index in [1.165, 1.54) is 0 Å². The molecule has 0 bridgehead atoms. The van der Waals surface area contributed by atoms with Crippen LogP contribution in [0.1, 0.15) is 30.8 Å². The van der Waals surface area contributed by atoms with Crippen LogP contribution in [0.25, 0.3) is 5.65 Å². The summed E-state index contributed by atoms with van der Waals surface area (Å²) in [5.41, 5.74) is 0.939. The quantitative estimate of drug-likeness (QED) is 0.726. The zero-order valence-electron chi connectivity index (χ0n) is 15.2. The number of hydrogen-bond donors (Lipinski definition) is 0. The zero-order chi connectivity index (χ0) is 18.3. The Bertz CT molecular complexity index is 902. The van der Waals surface area contributed by atoms with Crippen molar-refractivity contribution in [3.05, 3.63) is 60.6 Å². The van der Waals surface area contributed by atoms with Crippen LogP contribution in [0.15, 0.2) is 54.9 Å². The summed E-state index contributed by atoms with van der Waals surface area (Å²) in [5.74, 6) is 0.774. The van der Waals surface area contributed by atoms with E-state index in [1.54, 1.807) is 33.9 Å². The van der Waals surface area contributed by atoms with Crippen LogP contribution >= 0.6 is 0 Å². The normalized spacial score (nSPS) is 21.2. The highest BCUT2D eigenvalue weighted by Crippen LogP contribution is 2.45. The van der Waals surface area contributed by atoms with E-state index in [9.17, 15) is 4.79 Å². The predicted octanol–water partition coefficient (Wildman–Crippen LogP) is 3.05. The van der Waals surface area contributed by atoms with Crippen LogP contribution in [0.5, 0.6) is 5.75 Å². The van der Waals surface area contributed by atoms with Gasteiger partial charge in [0.1, 0.15) is 11.9 Å². The van der Waals surface area contributed by atoms with Crippen molar-refractivity contribution in [1.29, 1.82) is 0 Å². The van der Waals surface area contributed by atoms with Gasteiger partial charge >= 0.3 is 0 Å². The third kappa shape index (κ3) is 2.71. The molecule has 0 saturated heterocycles. The van der Waals surface area contributed by atoms with Crippen molar-refractivity contribution in [3.63, 3.8) is 0 Å². The number of para-hydroxylation sites is 1. The van der Waals surface area contributed by atoms with Gasteiger partial charge in [0.05, 0.1) is 0 Å². The topological polar surface area (TPSA) is 59.7 Å². The molecule has 0 spiro atoms. The second-order valence-electron chi connectivity index (χ2n) is 7.36. The number of carbonyl (C=O) groups is 1. The summed E-state index contributed by atoms with van der Waals surface area (Å²) in [4.78, 5) is 18.9. The summed E-state index contributed by atoms with van der Waals surface area (Å²) in [6.07, 6.45) is 4.36. The van der Waals surface area contributed by atoms with E-state index in [-0.39, 0.29) is 23.5 Å². The molecule has 134 valence electrons. The Labute approximate surface area is 152 Å². The average molecular weight is 350 g/mol. The number of rotatable bonds is 4. The van der Waals surface area contributed by atoms with E-state index in [0.717, 1.165) is 12.2 Å². The third-order valence-electron chi connectivity index (χ3n) is 5.39. The Morgan fingerprint density at radius 2 is 2.04 bits per heavy atom. The van der Waals surface area contributed by atoms with Crippen molar-refractivity contribution < 1.29 is 9.53 Å². The maximum Gasteiger partial charge on any atom is 0.274 e. The fraction of sp³-hybridized carbons (Fsp3) is 0.350. The highest BCUT2D eigenvalue weighted by Gasteiger charge is 2.53. The number of nitrogens with zero attached hydrogens (tertiary/aromatic N) is 4. The van der Waals surface area contributed by atoms with Gasteiger partial charge in [-0.25, -0.2) is 9.50 Å². The minimum absolute atomic E-state index is 0.0767. The number of ether oxygens (including phenoxy) is 1. The van der Waals surface area contributed by atoms with Gasteiger partial charge in [-0.2, -0.15) is 5.10 Å². The highest BCUT2D eigenvalue weighted by molar-refractivity contribution is 5.93. The molecule has 2 aromatic heterocycles. The fourth-order valence-electron chi connectivity index (χ4n) is 3.64. The number of fused-ring (bicyclic) bond motifs is 1. The third-order valence-corrected chi connectivity index (χ3v) is 5.39. The van der Waals surface area contributed by atoms with Crippen LogP contribution in [0.4, 0.5) is 0 Å². The molecule has 6 heteroatoms. The first kappa shape index (κ1) is 16.6. The second-order valence-corrected chi connectivity index (χ2v) is 7.36. The Balaban J connectivity index is 1.48. The van der Waals surface area contributed by atoms with Gasteiger partial charge in [-0.05, 0) is 18.2 Å². The van der Waals surface area contributed by atoms with E-state index in [1.807, 2.05) is 37.4 Å². The molecular weight excluding hydrogens is 328 g/mol. The minimum Gasteiger partial charge on any atom is -0.490 e. The van der Waals surface area contributed by atoms with Gasteiger partial charge in [-0.3, -0.25) is 4.79 Å². The van der Waals surface area contributed by atoms with E-state index >= 15 is 0 Å². The van der Waals surface area contributed by atoms with Gasteiger partial charge in [0.2, 0.25) is 0 Å². The SMILES string of the molecule is CN(C(=O)c1cc2ncccn2n1)C1CC(Oc2ccccc2)C1(C)C. The molecule has 6 nitrogen and oxygen atoms in total. The molecule has 0 radical (unpaired) electrons. The number of aromatic nitrogens is 3. The van der Waals surface area contributed by atoms with Gasteiger partial charge in [0.15, 0.2) is 11.3 Å². The van der Waals surface area contributed by atoms with Crippen LogP contribution in [0.3, 0.4) is 0 Å². The van der Waals surface area contributed by atoms with Crippen LogP contribution < -0.4 is 4.74 Å². The molecule has 0 N–H and O–H groups in total. The average Bonchev–Trinajstić information content (AvgIpc) is 3.08. The zero-order valence-corrected chi connectivity index (χ0v) is 15.2. The van der Waals surface area contributed by atoms with Crippen molar-refractivity contribution >= 4 is 11.6 Å². The first-order chi connectivity index (χ1) is 12.5. The first-order valence-corrected chi connectivity index (χ1v) is 8.76. The molecular formula is C20H22N4O2. The number of hydrogen-bond acceptors (Lipinski definition) is 4. The van der Waals surface area contributed by atoms with E-state index in [4.69, 9.17) is 4.74 Å². The summed E-state index contributed by atoms with van der Waals surface area (Å²) < 4.78 is 7.73. The lowest BCUT2D eigenvalue weighted by Gasteiger charge is -2.54. The van der Waals surface area contributed by atoms with Gasteiger partial charge < -0.3 is 9.64 Å². The van der Waals surface area contributed by atoms with Crippen molar-refractivity contribution in [1.82, 2.24) is 19.5 Å². The number of carbonyl (C=O) groups excluding carboxylic acids is 1. The van der Waals surface area contributed by atoms with E-state index < -0.39 is 0 Å². The predicted molar refractivity (Wildman–Crippen MR) is 98.1 cm³/mol. The summed E-state index contributed by atoms with van der Waals surface area (Å²) in [6.45, 7) is 4.29. The summed E-state index contributed by atoms with van der Waals surface area (Å²) in [6, 6.07) is 13.4. The van der Waals surface area contributed by atoms with Crippen molar-refractivity contribution in [2.75, 3.05) is 7.05 Å². The summed E-state index contributed by atoms with van der Waals surface area (Å²) in [7, 11) is 1.84. The Morgan fingerprint density at radius 3 is 2.73 bits per heavy atom. The van der Waals surface area contributed by atoms with Gasteiger partial charge in [-0.1, -0.05) is 32.0 Å². The molecule has 26 heavy (non-hydrogen) atoms. The number of benzene rings is 1. The lowest BCUT2D eigenvalue weighted by molar-refractivity contribution is -0.0887. The Kier molecular flexibility index (Phi) is 3.90. The second kappa shape index (κ2) is 6.12. The highest BCUT2D eigenvalue weighted by atomic mass is 16.5. The van der Waals surface area contributed by atoms with Gasteiger partial charge in [0.25, 0.3) is 5.91 Å². The number of amides is 1. The molecule has 1 amide bonds.